The van der Waals surface area contributed by atoms with E-state index in [2.05, 4.69) is 11.7 Å². The van der Waals surface area contributed by atoms with E-state index in [1.54, 1.807) is 12.1 Å². The van der Waals surface area contributed by atoms with E-state index in [1.807, 2.05) is 6.07 Å². The van der Waals surface area contributed by atoms with Crippen molar-refractivity contribution in [1.82, 2.24) is 0 Å². The molecule has 0 fully saturated rings. The summed E-state index contributed by atoms with van der Waals surface area (Å²) in [5, 5.41) is 0. The highest BCUT2D eigenvalue weighted by molar-refractivity contribution is 5.66. The largest absolute Gasteiger partial charge is 0.432 e. The molecule has 1 atom stereocenters. The van der Waals surface area contributed by atoms with E-state index in [4.69, 9.17) is 0 Å². The normalized spacial score (nSPS) is 15.3. The molecule has 1 nitrogen and oxygen atoms in total. The second kappa shape index (κ2) is 8.77. The van der Waals surface area contributed by atoms with Crippen molar-refractivity contribution in [2.75, 3.05) is 0 Å². The summed E-state index contributed by atoms with van der Waals surface area (Å²) in [6.07, 6.45) is -5.55. The Labute approximate surface area is 189 Å². The monoisotopic (exact) mass is 484 g/mol. The van der Waals surface area contributed by atoms with E-state index in [1.165, 1.54) is 0 Å². The SMILES string of the molecule is CC1Cc2ccc(-c3cc(F)c(C(F)(F)Oc4cc(F)c(C=C(F)F)c(F)c4)c(F)c3)cc2C1. The molecule has 0 N–H and O–H groups in total. The van der Waals surface area contributed by atoms with Crippen LogP contribution in [0.3, 0.4) is 0 Å². The van der Waals surface area contributed by atoms with Crippen LogP contribution in [-0.2, 0) is 19.0 Å². The van der Waals surface area contributed by atoms with Gasteiger partial charge < -0.3 is 4.74 Å². The minimum Gasteiger partial charge on any atom is -0.429 e. The predicted octanol–water partition coefficient (Wildman–Crippen LogP) is 8.01. The number of rotatable bonds is 5. The Morgan fingerprint density at radius 3 is 2.00 bits per heavy atom. The van der Waals surface area contributed by atoms with Crippen LogP contribution >= 0.6 is 0 Å². The summed E-state index contributed by atoms with van der Waals surface area (Å²) in [4.78, 5) is 0. The lowest BCUT2D eigenvalue weighted by Gasteiger charge is -2.20. The van der Waals surface area contributed by atoms with Gasteiger partial charge in [-0.25, -0.2) is 17.6 Å². The van der Waals surface area contributed by atoms with Gasteiger partial charge in [0, 0.05) is 18.2 Å². The first-order chi connectivity index (χ1) is 15.9. The number of ether oxygens (including phenoxy) is 1. The van der Waals surface area contributed by atoms with Crippen molar-refractivity contribution in [2.24, 2.45) is 5.92 Å². The van der Waals surface area contributed by atoms with E-state index in [0.717, 1.165) is 36.1 Å². The molecule has 1 aliphatic rings. The van der Waals surface area contributed by atoms with Crippen molar-refractivity contribution in [3.8, 4) is 16.9 Å². The average molecular weight is 484 g/mol. The molecule has 1 aliphatic carbocycles. The van der Waals surface area contributed by atoms with Gasteiger partial charge in [-0.05, 0) is 53.1 Å². The Balaban J connectivity index is 1.66. The summed E-state index contributed by atoms with van der Waals surface area (Å²) in [5.41, 5.74) is -0.345. The molecule has 0 saturated carbocycles. The van der Waals surface area contributed by atoms with Gasteiger partial charge in [0.2, 0.25) is 0 Å². The molecule has 0 bridgehead atoms. The lowest BCUT2D eigenvalue weighted by molar-refractivity contribution is -0.189. The Morgan fingerprint density at radius 1 is 0.824 bits per heavy atom. The summed E-state index contributed by atoms with van der Waals surface area (Å²) in [5.74, 6) is -7.23. The van der Waals surface area contributed by atoms with Gasteiger partial charge in [-0.3, -0.25) is 0 Å². The van der Waals surface area contributed by atoms with Crippen molar-refractivity contribution in [2.45, 2.75) is 25.9 Å². The summed E-state index contributed by atoms with van der Waals surface area (Å²) in [6.45, 7) is 2.07. The molecular formula is C25H16F8O. The fraction of sp³-hybridized carbons (Fsp3) is 0.200. The summed E-state index contributed by atoms with van der Waals surface area (Å²) >= 11 is 0. The Bertz CT molecular complexity index is 1250. The van der Waals surface area contributed by atoms with E-state index >= 15 is 0 Å². The summed E-state index contributed by atoms with van der Waals surface area (Å²) in [6, 6.07) is 7.07. The van der Waals surface area contributed by atoms with Gasteiger partial charge in [0.05, 0.1) is 5.56 Å². The molecule has 34 heavy (non-hydrogen) atoms. The van der Waals surface area contributed by atoms with Crippen LogP contribution in [-0.4, -0.2) is 0 Å². The molecule has 0 amide bonds. The molecule has 0 heterocycles. The van der Waals surface area contributed by atoms with E-state index < -0.39 is 52.3 Å². The van der Waals surface area contributed by atoms with Crippen molar-refractivity contribution in [1.29, 1.82) is 0 Å². The van der Waals surface area contributed by atoms with Crippen LogP contribution in [0.1, 0.15) is 29.2 Å². The van der Waals surface area contributed by atoms with Gasteiger partial charge in [-0.1, -0.05) is 25.1 Å². The number of benzene rings is 3. The minimum absolute atomic E-state index is 0.0263. The van der Waals surface area contributed by atoms with Crippen LogP contribution in [0.5, 0.6) is 5.75 Å². The molecule has 178 valence electrons. The standard InChI is InChI=1S/C25H16F8O/c1-12-4-13-2-3-14(6-15(13)5-12)16-7-21(28)24(22(29)8-16)25(32,33)34-17-9-19(26)18(11-23(30)31)20(27)10-17/h2-3,6-12H,4-5H2,1H3. The van der Waals surface area contributed by atoms with Crippen molar-refractivity contribution in [3.63, 3.8) is 0 Å². The Kier molecular flexibility index (Phi) is 6.14. The van der Waals surface area contributed by atoms with Crippen molar-refractivity contribution < 1.29 is 39.9 Å². The van der Waals surface area contributed by atoms with E-state index in [0.29, 0.717) is 11.5 Å². The third-order valence-electron chi connectivity index (χ3n) is 5.56. The average Bonchev–Trinajstić information content (AvgIpc) is 3.08. The molecular weight excluding hydrogens is 468 g/mol. The first-order valence-electron chi connectivity index (χ1n) is 10.1. The lowest BCUT2D eigenvalue weighted by Crippen LogP contribution is -2.25. The fourth-order valence-corrected chi connectivity index (χ4v) is 4.10. The zero-order valence-corrected chi connectivity index (χ0v) is 17.5. The van der Waals surface area contributed by atoms with Crippen LogP contribution < -0.4 is 4.74 Å². The van der Waals surface area contributed by atoms with Gasteiger partial charge in [0.1, 0.15) is 34.6 Å². The smallest absolute Gasteiger partial charge is 0.429 e. The van der Waals surface area contributed by atoms with E-state index in [-0.39, 0.29) is 23.8 Å². The third-order valence-corrected chi connectivity index (χ3v) is 5.56. The highest BCUT2D eigenvalue weighted by atomic mass is 19.3. The van der Waals surface area contributed by atoms with Gasteiger partial charge in [-0.2, -0.15) is 17.6 Å². The Hall–Kier alpha value is -3.36. The molecule has 0 saturated heterocycles. The first kappa shape index (κ1) is 23.8. The number of hydrogen-bond acceptors (Lipinski definition) is 1. The maximum Gasteiger partial charge on any atom is 0.432 e. The maximum absolute atomic E-state index is 14.7. The second-order valence-electron chi connectivity index (χ2n) is 8.17. The molecule has 3 aromatic rings. The van der Waals surface area contributed by atoms with Gasteiger partial charge in [-0.15, -0.1) is 0 Å². The highest BCUT2D eigenvalue weighted by Crippen LogP contribution is 2.38. The van der Waals surface area contributed by atoms with Gasteiger partial charge >= 0.3 is 6.11 Å². The molecule has 0 radical (unpaired) electrons. The lowest BCUT2D eigenvalue weighted by atomic mass is 9.98. The number of hydrogen-bond donors (Lipinski definition) is 0. The van der Waals surface area contributed by atoms with Crippen LogP contribution in [0, 0.1) is 29.2 Å². The predicted molar refractivity (Wildman–Crippen MR) is 109 cm³/mol. The molecule has 3 aromatic carbocycles. The molecule has 0 aromatic heterocycles. The molecule has 4 rings (SSSR count). The number of halogens is 8. The number of alkyl halides is 2. The van der Waals surface area contributed by atoms with Gasteiger partial charge in [0.15, 0.2) is 0 Å². The molecule has 0 aliphatic heterocycles. The van der Waals surface area contributed by atoms with Crippen molar-refractivity contribution >= 4 is 6.08 Å². The zero-order valence-electron chi connectivity index (χ0n) is 17.5. The third kappa shape index (κ3) is 4.64. The van der Waals surface area contributed by atoms with E-state index in [9.17, 15) is 35.1 Å². The van der Waals surface area contributed by atoms with Crippen LogP contribution in [0.2, 0.25) is 0 Å². The minimum atomic E-state index is -4.67. The summed E-state index contributed by atoms with van der Waals surface area (Å²) in [7, 11) is 0. The fourth-order valence-electron chi connectivity index (χ4n) is 4.10. The zero-order chi connectivity index (χ0) is 24.8. The highest BCUT2D eigenvalue weighted by Gasteiger charge is 2.41. The molecule has 0 spiro atoms. The van der Waals surface area contributed by atoms with Crippen molar-refractivity contribution in [3.05, 3.63) is 94.1 Å². The molecule has 1 unspecified atom stereocenters. The Morgan fingerprint density at radius 2 is 1.41 bits per heavy atom. The number of fused-ring (bicyclic) bond motifs is 1. The van der Waals surface area contributed by atoms with Crippen LogP contribution in [0.15, 0.2) is 48.5 Å². The van der Waals surface area contributed by atoms with Crippen LogP contribution in [0.4, 0.5) is 35.1 Å². The topological polar surface area (TPSA) is 9.23 Å². The molecule has 9 heteroatoms. The first-order valence-corrected chi connectivity index (χ1v) is 10.1. The maximum atomic E-state index is 14.7. The second-order valence-corrected chi connectivity index (χ2v) is 8.17. The summed E-state index contributed by atoms with van der Waals surface area (Å²) < 4.78 is 115. The quantitative estimate of drug-likeness (QED) is 0.334. The van der Waals surface area contributed by atoms with Gasteiger partial charge in [0.25, 0.3) is 6.08 Å². The van der Waals surface area contributed by atoms with Crippen LogP contribution in [0.25, 0.3) is 17.2 Å².